The summed E-state index contributed by atoms with van der Waals surface area (Å²) in [5.41, 5.74) is -0.549. The Labute approximate surface area is 120 Å². The number of carbonyl (C=O) groups is 1. The number of carboxylic acid groups (broad SMARTS) is 1. The SMILES string of the molecule is [2H]C([2H])([2H])Oc1ccc(S(=O)(=O)NC2CCOC2)cc1C(=O)O. The quantitative estimate of drug-likeness (QED) is 0.819. The Morgan fingerprint density at radius 3 is 3.00 bits per heavy atom. The van der Waals surface area contributed by atoms with Gasteiger partial charge < -0.3 is 14.6 Å². The van der Waals surface area contributed by atoms with Crippen LogP contribution in [0.5, 0.6) is 5.75 Å². The summed E-state index contributed by atoms with van der Waals surface area (Å²) in [6, 6.07) is 2.58. The largest absolute Gasteiger partial charge is 0.496 e. The lowest BCUT2D eigenvalue weighted by Gasteiger charge is -2.12. The fraction of sp³-hybridized carbons (Fsp3) is 0.417. The second kappa shape index (κ2) is 5.78. The highest BCUT2D eigenvalue weighted by atomic mass is 32.2. The third-order valence-corrected chi connectivity index (χ3v) is 4.37. The predicted octanol–water partition coefficient (Wildman–Crippen LogP) is 0.461. The van der Waals surface area contributed by atoms with Crippen molar-refractivity contribution in [1.29, 1.82) is 0 Å². The van der Waals surface area contributed by atoms with Crippen molar-refractivity contribution < 1.29 is 31.9 Å². The van der Waals surface area contributed by atoms with E-state index >= 15 is 0 Å². The first-order chi connectivity index (χ1) is 10.6. The van der Waals surface area contributed by atoms with Crippen LogP contribution in [0.15, 0.2) is 23.1 Å². The molecular formula is C12H15NO6S. The lowest BCUT2D eigenvalue weighted by atomic mass is 10.2. The first-order valence-corrected chi connectivity index (χ1v) is 7.23. The molecule has 1 unspecified atom stereocenters. The van der Waals surface area contributed by atoms with Gasteiger partial charge in [0.2, 0.25) is 10.0 Å². The van der Waals surface area contributed by atoms with E-state index in [0.29, 0.717) is 13.0 Å². The van der Waals surface area contributed by atoms with E-state index in [1.165, 1.54) is 0 Å². The zero-order valence-corrected chi connectivity index (χ0v) is 11.1. The van der Waals surface area contributed by atoms with Crippen molar-refractivity contribution in [2.75, 3.05) is 20.3 Å². The number of hydrogen-bond acceptors (Lipinski definition) is 5. The van der Waals surface area contributed by atoms with Crippen molar-refractivity contribution in [2.24, 2.45) is 0 Å². The molecule has 2 N–H and O–H groups in total. The van der Waals surface area contributed by atoms with E-state index < -0.39 is 34.3 Å². The number of ether oxygens (including phenoxy) is 2. The van der Waals surface area contributed by atoms with Gasteiger partial charge in [0, 0.05) is 12.6 Å². The summed E-state index contributed by atoms with van der Waals surface area (Å²) in [5, 5.41) is 9.14. The molecule has 8 heteroatoms. The molecule has 1 aliphatic rings. The number of benzene rings is 1. The Balaban J connectivity index is 2.33. The maximum Gasteiger partial charge on any atom is 0.339 e. The van der Waals surface area contributed by atoms with Gasteiger partial charge in [0.25, 0.3) is 0 Å². The molecule has 1 aromatic rings. The number of nitrogens with one attached hydrogen (secondary N) is 1. The van der Waals surface area contributed by atoms with Gasteiger partial charge in [-0.15, -0.1) is 0 Å². The van der Waals surface area contributed by atoms with Crippen molar-refractivity contribution in [3.63, 3.8) is 0 Å². The van der Waals surface area contributed by atoms with Gasteiger partial charge in [-0.05, 0) is 24.6 Å². The molecular weight excluding hydrogens is 286 g/mol. The molecule has 20 heavy (non-hydrogen) atoms. The number of hydrogen-bond donors (Lipinski definition) is 2. The summed E-state index contributed by atoms with van der Waals surface area (Å²) in [5.74, 6) is -1.92. The minimum atomic E-state index is -3.95. The molecule has 0 saturated carbocycles. The van der Waals surface area contributed by atoms with Gasteiger partial charge in [-0.25, -0.2) is 17.9 Å². The Morgan fingerprint density at radius 1 is 1.60 bits per heavy atom. The van der Waals surface area contributed by atoms with Gasteiger partial charge in [-0.3, -0.25) is 0 Å². The van der Waals surface area contributed by atoms with E-state index in [1.807, 2.05) is 0 Å². The van der Waals surface area contributed by atoms with Crippen molar-refractivity contribution in [3.05, 3.63) is 23.8 Å². The van der Waals surface area contributed by atoms with E-state index in [1.54, 1.807) is 0 Å². The van der Waals surface area contributed by atoms with Crippen LogP contribution in [0.1, 0.15) is 20.9 Å². The average Bonchev–Trinajstić information content (AvgIpc) is 2.88. The summed E-state index contributed by atoms with van der Waals surface area (Å²) in [4.78, 5) is 10.9. The minimum absolute atomic E-state index is 0.241. The van der Waals surface area contributed by atoms with E-state index in [4.69, 9.17) is 14.0 Å². The van der Waals surface area contributed by atoms with Gasteiger partial charge in [0.1, 0.15) is 11.3 Å². The van der Waals surface area contributed by atoms with Gasteiger partial charge in [-0.1, -0.05) is 0 Å². The molecule has 0 spiro atoms. The van der Waals surface area contributed by atoms with E-state index in [9.17, 15) is 13.2 Å². The van der Waals surface area contributed by atoms with E-state index in [-0.39, 0.29) is 17.5 Å². The lowest BCUT2D eigenvalue weighted by Crippen LogP contribution is -2.35. The summed E-state index contributed by atoms with van der Waals surface area (Å²) in [6.07, 6.45) is 0.519. The molecule has 0 aliphatic carbocycles. The summed E-state index contributed by atoms with van der Waals surface area (Å²) >= 11 is 0. The molecule has 1 fully saturated rings. The molecule has 0 aromatic heterocycles. The highest BCUT2D eigenvalue weighted by molar-refractivity contribution is 7.89. The van der Waals surface area contributed by atoms with Gasteiger partial charge >= 0.3 is 5.97 Å². The molecule has 1 saturated heterocycles. The van der Waals surface area contributed by atoms with E-state index in [2.05, 4.69) is 9.46 Å². The van der Waals surface area contributed by atoms with Crippen molar-refractivity contribution in [1.82, 2.24) is 4.72 Å². The second-order valence-electron chi connectivity index (χ2n) is 4.25. The van der Waals surface area contributed by atoms with Gasteiger partial charge in [0.15, 0.2) is 0 Å². The monoisotopic (exact) mass is 304 g/mol. The van der Waals surface area contributed by atoms with Gasteiger partial charge in [-0.2, -0.15) is 0 Å². The van der Waals surface area contributed by atoms with Crippen LogP contribution in [-0.2, 0) is 14.8 Å². The van der Waals surface area contributed by atoms with Gasteiger partial charge in [0.05, 0.1) is 22.7 Å². The Hall–Kier alpha value is -1.64. The van der Waals surface area contributed by atoms with Crippen LogP contribution in [0.3, 0.4) is 0 Å². The molecule has 7 nitrogen and oxygen atoms in total. The minimum Gasteiger partial charge on any atom is -0.496 e. The van der Waals surface area contributed by atoms with Crippen molar-refractivity contribution >= 4 is 16.0 Å². The molecule has 1 aliphatic heterocycles. The lowest BCUT2D eigenvalue weighted by molar-refractivity contribution is 0.0693. The highest BCUT2D eigenvalue weighted by Crippen LogP contribution is 2.23. The molecule has 0 radical (unpaired) electrons. The van der Waals surface area contributed by atoms with Crippen molar-refractivity contribution in [3.8, 4) is 5.75 Å². The van der Waals surface area contributed by atoms with Crippen LogP contribution in [0.2, 0.25) is 0 Å². The number of methoxy groups -OCH3 is 1. The molecule has 1 heterocycles. The fourth-order valence-electron chi connectivity index (χ4n) is 1.85. The number of rotatable bonds is 5. The van der Waals surface area contributed by atoms with Crippen molar-refractivity contribution in [2.45, 2.75) is 17.4 Å². The normalized spacial score (nSPS) is 21.8. The van der Waals surface area contributed by atoms with Crippen LogP contribution >= 0.6 is 0 Å². The Bertz CT molecular complexity index is 697. The molecule has 2 rings (SSSR count). The molecule has 110 valence electrons. The number of aromatic carboxylic acids is 1. The summed E-state index contributed by atoms with van der Waals surface area (Å²) < 4.78 is 57.6. The Morgan fingerprint density at radius 2 is 2.40 bits per heavy atom. The molecule has 1 atom stereocenters. The van der Waals surface area contributed by atoms with Crippen LogP contribution in [0.25, 0.3) is 0 Å². The van der Waals surface area contributed by atoms with Crippen LogP contribution in [0.4, 0.5) is 0 Å². The standard InChI is InChI=1S/C12H15NO6S/c1-18-11-3-2-9(6-10(11)12(14)15)20(16,17)13-8-4-5-19-7-8/h2-3,6,8,13H,4-5,7H2,1H3,(H,14,15)/i1D3. The maximum absolute atomic E-state index is 12.2. The second-order valence-corrected chi connectivity index (χ2v) is 5.96. The molecule has 0 amide bonds. The van der Waals surface area contributed by atoms with E-state index in [0.717, 1.165) is 18.2 Å². The fourth-order valence-corrected chi connectivity index (χ4v) is 3.13. The maximum atomic E-state index is 12.2. The van der Waals surface area contributed by atoms with Crippen LogP contribution in [-0.4, -0.2) is 45.8 Å². The average molecular weight is 304 g/mol. The summed E-state index contributed by atoms with van der Waals surface area (Å²) in [6.45, 7) is 0.685. The first kappa shape index (κ1) is 11.1. The predicted molar refractivity (Wildman–Crippen MR) is 69.5 cm³/mol. The molecule has 0 bridgehead atoms. The third-order valence-electron chi connectivity index (χ3n) is 2.85. The third kappa shape index (κ3) is 3.09. The van der Waals surface area contributed by atoms with Crippen LogP contribution in [0, 0.1) is 0 Å². The molecule has 1 aromatic carbocycles. The first-order valence-electron chi connectivity index (χ1n) is 7.25. The zero-order valence-electron chi connectivity index (χ0n) is 13.3. The summed E-state index contributed by atoms with van der Waals surface area (Å²) in [7, 11) is -6.79. The number of sulfonamides is 1. The van der Waals surface area contributed by atoms with Crippen LogP contribution < -0.4 is 9.46 Å². The highest BCUT2D eigenvalue weighted by Gasteiger charge is 2.25. The smallest absolute Gasteiger partial charge is 0.339 e. The topological polar surface area (TPSA) is 102 Å². The Kier molecular flexibility index (Phi) is 3.20. The zero-order chi connectivity index (χ0) is 17.3. The number of carboxylic acids is 1.